The first-order chi connectivity index (χ1) is 8.78. The van der Waals surface area contributed by atoms with Gasteiger partial charge in [0.05, 0.1) is 16.8 Å². The minimum absolute atomic E-state index is 0.111. The summed E-state index contributed by atoms with van der Waals surface area (Å²) < 4.78 is 0. The van der Waals surface area contributed by atoms with Crippen LogP contribution in [0.1, 0.15) is 26.5 Å². The van der Waals surface area contributed by atoms with Crippen molar-refractivity contribution >= 4 is 22.7 Å². The molecule has 0 aliphatic carbocycles. The quantitative estimate of drug-likeness (QED) is 0.845. The van der Waals surface area contributed by atoms with Gasteiger partial charge in [0.25, 0.3) is 0 Å². The Balaban J connectivity index is 1.85. The zero-order valence-corrected chi connectivity index (χ0v) is 11.7. The van der Waals surface area contributed by atoms with Crippen LogP contribution in [0.4, 0.5) is 0 Å². The molecule has 1 unspecified atom stereocenters. The molecule has 0 spiro atoms. The number of hydrogen-bond acceptors (Lipinski definition) is 5. The molecule has 92 valence electrons. The molecule has 3 nitrogen and oxygen atoms in total. The van der Waals surface area contributed by atoms with E-state index in [0.29, 0.717) is 0 Å². The van der Waals surface area contributed by atoms with Crippen molar-refractivity contribution in [2.75, 3.05) is 6.54 Å². The summed E-state index contributed by atoms with van der Waals surface area (Å²) >= 11 is 3.42. The minimum Gasteiger partial charge on any atom is -0.278 e. The Morgan fingerprint density at radius 2 is 2.44 bits per heavy atom. The minimum atomic E-state index is -0.111. The van der Waals surface area contributed by atoms with E-state index in [2.05, 4.69) is 16.0 Å². The van der Waals surface area contributed by atoms with Gasteiger partial charge in [0.2, 0.25) is 0 Å². The molecule has 5 heteroatoms. The maximum absolute atomic E-state index is 9.41. The van der Waals surface area contributed by atoms with Gasteiger partial charge in [0, 0.05) is 29.3 Å². The molecule has 1 aliphatic rings. The summed E-state index contributed by atoms with van der Waals surface area (Å²) in [5, 5.41) is 12.6. The summed E-state index contributed by atoms with van der Waals surface area (Å²) in [4.78, 5) is 9.27. The van der Waals surface area contributed by atoms with Crippen LogP contribution in [0, 0.1) is 18.3 Å². The van der Waals surface area contributed by atoms with Crippen LogP contribution in [0.5, 0.6) is 0 Å². The van der Waals surface area contributed by atoms with Crippen LogP contribution < -0.4 is 0 Å². The lowest BCUT2D eigenvalue weighted by atomic mass is 10.1. The van der Waals surface area contributed by atoms with Gasteiger partial charge in [-0.3, -0.25) is 4.90 Å². The van der Waals surface area contributed by atoms with Crippen LogP contribution in [0.25, 0.3) is 0 Å². The second-order valence-electron chi connectivity index (χ2n) is 4.37. The van der Waals surface area contributed by atoms with Crippen LogP contribution in [-0.2, 0) is 13.0 Å². The molecule has 18 heavy (non-hydrogen) atoms. The van der Waals surface area contributed by atoms with Crippen LogP contribution in [0.2, 0.25) is 0 Å². The van der Waals surface area contributed by atoms with Gasteiger partial charge in [-0.1, -0.05) is 6.07 Å². The fourth-order valence-electron chi connectivity index (χ4n) is 2.34. The van der Waals surface area contributed by atoms with E-state index < -0.39 is 0 Å². The average Bonchev–Trinajstić information content (AvgIpc) is 2.97. The average molecular weight is 275 g/mol. The van der Waals surface area contributed by atoms with Crippen molar-refractivity contribution in [3.8, 4) is 6.07 Å². The summed E-state index contributed by atoms with van der Waals surface area (Å²) in [6, 6.07) is 6.38. The number of thiazole rings is 1. The normalized spacial score (nSPS) is 17.1. The number of thiophene rings is 1. The van der Waals surface area contributed by atoms with Crippen LogP contribution >= 0.6 is 22.7 Å². The lowest BCUT2D eigenvalue weighted by Gasteiger charge is -2.29. The molecule has 0 N–H and O–H groups in total. The van der Waals surface area contributed by atoms with Crippen LogP contribution in [0.3, 0.4) is 0 Å². The van der Waals surface area contributed by atoms with Gasteiger partial charge in [0.1, 0.15) is 6.04 Å². The number of nitriles is 1. The van der Waals surface area contributed by atoms with Crippen molar-refractivity contribution in [1.82, 2.24) is 9.88 Å². The molecule has 0 amide bonds. The first-order valence-corrected chi connectivity index (χ1v) is 7.60. The van der Waals surface area contributed by atoms with E-state index in [-0.39, 0.29) is 6.04 Å². The third-order valence-corrected chi connectivity index (χ3v) is 5.09. The summed E-state index contributed by atoms with van der Waals surface area (Å²) in [6.07, 6.45) is 0.962. The van der Waals surface area contributed by atoms with Crippen LogP contribution in [-0.4, -0.2) is 16.4 Å². The van der Waals surface area contributed by atoms with Crippen molar-refractivity contribution in [2.24, 2.45) is 0 Å². The van der Waals surface area contributed by atoms with Crippen LogP contribution in [0.15, 0.2) is 17.5 Å². The van der Waals surface area contributed by atoms with Gasteiger partial charge in [0.15, 0.2) is 0 Å². The van der Waals surface area contributed by atoms with E-state index in [1.807, 2.05) is 24.4 Å². The van der Waals surface area contributed by atoms with Crippen molar-refractivity contribution in [2.45, 2.75) is 25.9 Å². The molecule has 3 rings (SSSR count). The largest absolute Gasteiger partial charge is 0.278 e. The zero-order valence-electron chi connectivity index (χ0n) is 10.1. The maximum Gasteiger partial charge on any atom is 0.133 e. The molecule has 1 atom stereocenters. The molecule has 0 fully saturated rings. The third-order valence-electron chi connectivity index (χ3n) is 3.17. The fraction of sp³-hybridized carbons (Fsp3) is 0.385. The smallest absolute Gasteiger partial charge is 0.133 e. The lowest BCUT2D eigenvalue weighted by molar-refractivity contribution is 0.220. The third kappa shape index (κ3) is 2.07. The van der Waals surface area contributed by atoms with E-state index in [1.165, 1.54) is 10.6 Å². The lowest BCUT2D eigenvalue weighted by Crippen LogP contribution is -2.32. The molecule has 0 saturated carbocycles. The summed E-state index contributed by atoms with van der Waals surface area (Å²) in [7, 11) is 0. The molecule has 3 heterocycles. The molecule has 1 aliphatic heterocycles. The Kier molecular flexibility index (Phi) is 3.16. The summed E-state index contributed by atoms with van der Waals surface area (Å²) in [6.45, 7) is 3.83. The predicted molar refractivity (Wildman–Crippen MR) is 73.6 cm³/mol. The van der Waals surface area contributed by atoms with Gasteiger partial charge >= 0.3 is 0 Å². The molecule has 0 radical (unpaired) electrons. The highest BCUT2D eigenvalue weighted by Crippen LogP contribution is 2.31. The Bertz CT molecular complexity index is 580. The topological polar surface area (TPSA) is 39.9 Å². The SMILES string of the molecule is Cc1nc2c(s1)CN(C(C#N)c1cccs1)CC2. The Morgan fingerprint density at radius 1 is 1.56 bits per heavy atom. The first kappa shape index (κ1) is 11.8. The van der Waals surface area contributed by atoms with Gasteiger partial charge in [-0.25, -0.2) is 4.98 Å². The second-order valence-corrected chi connectivity index (χ2v) is 6.64. The number of rotatable bonds is 2. The Labute approximate surface area is 114 Å². The number of nitrogens with zero attached hydrogens (tertiary/aromatic N) is 3. The predicted octanol–water partition coefficient (Wildman–Crippen LogP) is 3.14. The number of aromatic nitrogens is 1. The summed E-state index contributed by atoms with van der Waals surface area (Å²) in [5.74, 6) is 0. The van der Waals surface area contributed by atoms with Crippen molar-refractivity contribution in [3.05, 3.63) is 38.0 Å². The number of hydrogen-bond donors (Lipinski definition) is 0. The molecule has 2 aromatic rings. The molecular formula is C13H13N3S2. The van der Waals surface area contributed by atoms with Gasteiger partial charge in [-0.2, -0.15) is 5.26 Å². The highest BCUT2D eigenvalue weighted by atomic mass is 32.1. The van der Waals surface area contributed by atoms with E-state index >= 15 is 0 Å². The molecule has 2 aromatic heterocycles. The van der Waals surface area contributed by atoms with E-state index in [1.54, 1.807) is 22.7 Å². The van der Waals surface area contributed by atoms with E-state index in [0.717, 1.165) is 29.4 Å². The maximum atomic E-state index is 9.41. The van der Waals surface area contributed by atoms with Gasteiger partial charge in [-0.05, 0) is 18.4 Å². The van der Waals surface area contributed by atoms with E-state index in [9.17, 15) is 5.26 Å². The monoisotopic (exact) mass is 275 g/mol. The molecule has 0 bridgehead atoms. The zero-order chi connectivity index (χ0) is 12.5. The first-order valence-electron chi connectivity index (χ1n) is 5.90. The standard InChI is InChI=1S/C13H13N3S2/c1-9-15-10-4-5-16(8-13(10)18-9)11(7-14)12-3-2-6-17-12/h2-3,6,11H,4-5,8H2,1H3. The highest BCUT2D eigenvalue weighted by Gasteiger charge is 2.27. The van der Waals surface area contributed by atoms with Crippen molar-refractivity contribution in [3.63, 3.8) is 0 Å². The molecular weight excluding hydrogens is 262 g/mol. The van der Waals surface area contributed by atoms with Crippen molar-refractivity contribution in [1.29, 1.82) is 5.26 Å². The highest BCUT2D eigenvalue weighted by molar-refractivity contribution is 7.11. The molecule has 0 saturated heterocycles. The van der Waals surface area contributed by atoms with Gasteiger partial charge < -0.3 is 0 Å². The Morgan fingerprint density at radius 3 is 3.17 bits per heavy atom. The van der Waals surface area contributed by atoms with E-state index in [4.69, 9.17) is 0 Å². The fourth-order valence-corrected chi connectivity index (χ4v) is 4.15. The Hall–Kier alpha value is -1.22. The number of fused-ring (bicyclic) bond motifs is 1. The second kappa shape index (κ2) is 4.81. The molecule has 0 aromatic carbocycles. The number of aryl methyl sites for hydroxylation is 1. The summed E-state index contributed by atoms with van der Waals surface area (Å²) in [5.41, 5.74) is 1.23. The van der Waals surface area contributed by atoms with Gasteiger partial charge in [-0.15, -0.1) is 22.7 Å². The van der Waals surface area contributed by atoms with Crippen molar-refractivity contribution < 1.29 is 0 Å².